The number of esters is 1. The van der Waals surface area contributed by atoms with Crippen LogP contribution in [0.3, 0.4) is 0 Å². The number of nitrogens with one attached hydrogen (secondary N) is 1. The number of anilines is 2. The lowest BCUT2D eigenvalue weighted by Crippen LogP contribution is -2.43. The number of aromatic amines is 1. The number of amides is 1. The Labute approximate surface area is 189 Å². The molecule has 1 heterocycles. The Morgan fingerprint density at radius 3 is 2.50 bits per heavy atom. The normalized spacial score (nSPS) is 14.3. The molecule has 32 heavy (non-hydrogen) atoms. The molecule has 0 bridgehead atoms. The van der Waals surface area contributed by atoms with E-state index in [0.717, 1.165) is 19.3 Å². The number of nitrogen functional groups attached to an aromatic ring is 1. The predicted octanol–water partition coefficient (Wildman–Crippen LogP) is 2.96. The van der Waals surface area contributed by atoms with Gasteiger partial charge in [0, 0.05) is 19.5 Å². The van der Waals surface area contributed by atoms with Gasteiger partial charge in [0.25, 0.3) is 11.5 Å². The molecule has 1 saturated carbocycles. The van der Waals surface area contributed by atoms with Gasteiger partial charge in [-0.2, -0.15) is 0 Å². The zero-order valence-corrected chi connectivity index (χ0v) is 19.5. The average molecular weight is 451 g/mol. The molecule has 1 aliphatic carbocycles. The quantitative estimate of drug-likeness (QED) is 0.471. The van der Waals surface area contributed by atoms with Gasteiger partial charge in [-0.05, 0) is 31.6 Å². The molecule has 1 aromatic rings. The van der Waals surface area contributed by atoms with E-state index in [9.17, 15) is 19.2 Å². The second kappa shape index (κ2) is 13.1. The minimum Gasteiger partial charge on any atom is -0.456 e. The smallest absolute Gasteiger partial charge is 0.330 e. The van der Waals surface area contributed by atoms with Gasteiger partial charge in [0.2, 0.25) is 0 Å². The summed E-state index contributed by atoms with van der Waals surface area (Å²) in [5.41, 5.74) is 4.72. The molecule has 1 amide bonds. The van der Waals surface area contributed by atoms with Gasteiger partial charge in [0.15, 0.2) is 12.3 Å². The van der Waals surface area contributed by atoms with Crippen LogP contribution < -0.4 is 21.9 Å². The molecule has 0 aliphatic heterocycles. The maximum atomic E-state index is 12.9. The summed E-state index contributed by atoms with van der Waals surface area (Å²) in [6, 6.07) is 0. The number of ether oxygens (including phenoxy) is 1. The number of unbranched alkanes of at least 4 members (excludes halogenated alkanes) is 1. The lowest BCUT2D eigenvalue weighted by molar-refractivity contribution is -0.148. The van der Waals surface area contributed by atoms with E-state index in [1.54, 1.807) is 0 Å². The lowest BCUT2D eigenvalue weighted by atomic mass is 9.86. The van der Waals surface area contributed by atoms with E-state index in [1.165, 1.54) is 41.6 Å². The lowest BCUT2D eigenvalue weighted by Gasteiger charge is -2.24. The molecule has 1 aromatic heterocycles. The molecule has 2 rings (SSSR count). The summed E-state index contributed by atoms with van der Waals surface area (Å²) in [5, 5.41) is 0. The van der Waals surface area contributed by atoms with Gasteiger partial charge in [-0.25, -0.2) is 4.79 Å². The highest BCUT2D eigenvalue weighted by Crippen LogP contribution is 2.27. The monoisotopic (exact) mass is 450 g/mol. The number of carbonyl (C=O) groups is 2. The highest BCUT2D eigenvalue weighted by molar-refractivity contribution is 5.97. The number of rotatable bonds is 12. The van der Waals surface area contributed by atoms with E-state index in [2.05, 4.69) is 4.98 Å². The number of H-pyrrole nitrogens is 1. The molecule has 1 aliphatic rings. The van der Waals surface area contributed by atoms with Crippen molar-refractivity contribution in [2.45, 2.75) is 91.0 Å². The highest BCUT2D eigenvalue weighted by atomic mass is 16.5. The van der Waals surface area contributed by atoms with Gasteiger partial charge in [0.05, 0.1) is 0 Å². The Morgan fingerprint density at radius 2 is 1.84 bits per heavy atom. The Morgan fingerprint density at radius 1 is 1.12 bits per heavy atom. The van der Waals surface area contributed by atoms with Gasteiger partial charge >= 0.3 is 11.7 Å². The third-order valence-electron chi connectivity index (χ3n) is 6.04. The van der Waals surface area contributed by atoms with Crippen molar-refractivity contribution in [3.63, 3.8) is 0 Å². The van der Waals surface area contributed by atoms with E-state index in [1.807, 2.05) is 13.8 Å². The van der Waals surface area contributed by atoms with Crippen LogP contribution in [-0.4, -0.2) is 34.6 Å². The van der Waals surface area contributed by atoms with Crippen LogP contribution in [0, 0.1) is 5.92 Å². The van der Waals surface area contributed by atoms with Crippen molar-refractivity contribution < 1.29 is 14.3 Å². The zero-order chi connectivity index (χ0) is 23.5. The average Bonchev–Trinajstić information content (AvgIpc) is 2.77. The maximum Gasteiger partial charge on any atom is 0.330 e. The SMILES string of the molecule is CCCCN(C(=O)COC(=O)CCCC1CCCCC1)c1c(N)n(CCC)c(=O)[nH]c1=O. The van der Waals surface area contributed by atoms with E-state index in [-0.39, 0.29) is 24.5 Å². The van der Waals surface area contributed by atoms with Crippen LogP contribution in [-0.2, 0) is 20.9 Å². The van der Waals surface area contributed by atoms with Crippen molar-refractivity contribution in [2.75, 3.05) is 23.8 Å². The maximum absolute atomic E-state index is 12.9. The largest absolute Gasteiger partial charge is 0.456 e. The number of aromatic nitrogens is 2. The van der Waals surface area contributed by atoms with Gasteiger partial charge < -0.3 is 15.4 Å². The summed E-state index contributed by atoms with van der Waals surface area (Å²) >= 11 is 0. The van der Waals surface area contributed by atoms with Crippen LogP contribution in [0.5, 0.6) is 0 Å². The summed E-state index contributed by atoms with van der Waals surface area (Å²) < 4.78 is 6.46. The second-order valence-corrected chi connectivity index (χ2v) is 8.60. The predicted molar refractivity (Wildman–Crippen MR) is 125 cm³/mol. The van der Waals surface area contributed by atoms with Crippen molar-refractivity contribution in [1.82, 2.24) is 9.55 Å². The summed E-state index contributed by atoms with van der Waals surface area (Å²) in [7, 11) is 0. The van der Waals surface area contributed by atoms with Crippen LogP contribution in [0.25, 0.3) is 0 Å². The molecular weight excluding hydrogens is 412 g/mol. The fourth-order valence-corrected chi connectivity index (χ4v) is 4.26. The molecule has 9 nitrogen and oxygen atoms in total. The molecule has 0 atom stereocenters. The minimum absolute atomic E-state index is 0.0520. The standard InChI is InChI=1S/C23H38N4O5/c1-3-5-15-26(20-21(24)27(14-4-2)23(31)25-22(20)30)18(28)16-32-19(29)13-9-12-17-10-7-6-8-11-17/h17H,3-16,24H2,1-2H3,(H,25,30,31). The Hall–Kier alpha value is -2.58. The Bertz CT molecular complexity index is 870. The highest BCUT2D eigenvalue weighted by Gasteiger charge is 2.25. The molecule has 0 unspecified atom stereocenters. The first-order chi connectivity index (χ1) is 15.4. The number of hydrogen-bond acceptors (Lipinski definition) is 6. The topological polar surface area (TPSA) is 127 Å². The molecule has 0 saturated heterocycles. The van der Waals surface area contributed by atoms with Gasteiger partial charge in [0.1, 0.15) is 5.82 Å². The van der Waals surface area contributed by atoms with E-state index in [4.69, 9.17) is 10.5 Å². The van der Waals surface area contributed by atoms with E-state index >= 15 is 0 Å². The molecule has 9 heteroatoms. The van der Waals surface area contributed by atoms with E-state index in [0.29, 0.717) is 25.3 Å². The summed E-state index contributed by atoms with van der Waals surface area (Å²) in [4.78, 5) is 53.1. The van der Waals surface area contributed by atoms with Crippen LogP contribution in [0.2, 0.25) is 0 Å². The van der Waals surface area contributed by atoms with Crippen LogP contribution in [0.15, 0.2) is 9.59 Å². The zero-order valence-electron chi connectivity index (χ0n) is 19.5. The number of nitrogens with zero attached hydrogens (tertiary/aromatic N) is 2. The van der Waals surface area contributed by atoms with Crippen molar-refractivity contribution in [1.29, 1.82) is 0 Å². The van der Waals surface area contributed by atoms with Crippen LogP contribution >= 0.6 is 0 Å². The third kappa shape index (κ3) is 7.24. The number of carbonyl (C=O) groups excluding carboxylic acids is 2. The summed E-state index contributed by atoms with van der Waals surface area (Å²) in [6.45, 7) is 3.94. The first-order valence-corrected chi connectivity index (χ1v) is 12.0. The Kier molecular flexibility index (Phi) is 10.5. The van der Waals surface area contributed by atoms with Crippen molar-refractivity contribution in [2.24, 2.45) is 5.92 Å². The molecule has 1 fully saturated rings. The second-order valence-electron chi connectivity index (χ2n) is 8.60. The summed E-state index contributed by atoms with van der Waals surface area (Å²) in [5.74, 6) is -0.305. The van der Waals surface area contributed by atoms with Crippen molar-refractivity contribution in [3.05, 3.63) is 20.8 Å². The minimum atomic E-state index is -0.719. The first-order valence-electron chi connectivity index (χ1n) is 12.0. The van der Waals surface area contributed by atoms with Gasteiger partial charge in [-0.3, -0.25) is 23.9 Å². The van der Waals surface area contributed by atoms with Crippen molar-refractivity contribution in [3.8, 4) is 0 Å². The van der Waals surface area contributed by atoms with E-state index < -0.39 is 29.7 Å². The number of nitrogens with two attached hydrogens (primary N) is 1. The number of hydrogen-bond donors (Lipinski definition) is 2. The fraction of sp³-hybridized carbons (Fsp3) is 0.739. The van der Waals surface area contributed by atoms with Gasteiger partial charge in [-0.15, -0.1) is 0 Å². The molecular formula is C23H38N4O5. The Balaban J connectivity index is 2.02. The fourth-order valence-electron chi connectivity index (χ4n) is 4.26. The van der Waals surface area contributed by atoms with Crippen LogP contribution in [0.1, 0.15) is 84.5 Å². The van der Waals surface area contributed by atoms with Crippen LogP contribution in [0.4, 0.5) is 11.5 Å². The molecule has 180 valence electrons. The third-order valence-corrected chi connectivity index (χ3v) is 6.04. The molecule has 0 aromatic carbocycles. The molecule has 3 N–H and O–H groups in total. The van der Waals surface area contributed by atoms with Gasteiger partial charge in [-0.1, -0.05) is 52.4 Å². The first kappa shape index (κ1) is 25.7. The van der Waals surface area contributed by atoms with Crippen molar-refractivity contribution >= 4 is 23.4 Å². The molecule has 0 radical (unpaired) electrons. The summed E-state index contributed by atoms with van der Waals surface area (Å²) in [6.07, 6.45) is 10.4. The molecule has 0 spiro atoms.